The number of nitrogens with zero attached hydrogens (tertiary/aromatic N) is 3. The lowest BCUT2D eigenvalue weighted by atomic mass is 10.2. The molecule has 0 saturated carbocycles. The highest BCUT2D eigenvalue weighted by Gasteiger charge is 2.13. The molecule has 1 aromatic carbocycles. The van der Waals surface area contributed by atoms with Crippen LogP contribution in [0.4, 0.5) is 0 Å². The van der Waals surface area contributed by atoms with Crippen LogP contribution < -0.4 is 0 Å². The van der Waals surface area contributed by atoms with Crippen molar-refractivity contribution in [1.29, 1.82) is 0 Å². The number of aromatic nitrogens is 3. The summed E-state index contributed by atoms with van der Waals surface area (Å²) >= 11 is 9.65. The fraction of sp³-hybridized carbons (Fsp3) is 0.333. The van der Waals surface area contributed by atoms with Crippen molar-refractivity contribution in [2.75, 3.05) is 0 Å². The molecule has 0 aliphatic rings. The van der Waals surface area contributed by atoms with Crippen LogP contribution in [0.2, 0.25) is 5.28 Å². The molecule has 3 nitrogen and oxygen atoms in total. The summed E-state index contributed by atoms with van der Waals surface area (Å²) in [4.78, 5) is 0. The molecule has 0 bridgehead atoms. The van der Waals surface area contributed by atoms with Crippen LogP contribution in [0, 0.1) is 6.92 Å². The van der Waals surface area contributed by atoms with Crippen molar-refractivity contribution in [3.05, 3.63) is 39.3 Å². The highest BCUT2D eigenvalue weighted by Crippen LogP contribution is 2.26. The molecule has 90 valence electrons. The third-order valence-electron chi connectivity index (χ3n) is 2.51. The highest BCUT2D eigenvalue weighted by atomic mass is 79.9. The van der Waals surface area contributed by atoms with E-state index in [-0.39, 0.29) is 0 Å². The molecule has 0 aliphatic carbocycles. The van der Waals surface area contributed by atoms with E-state index in [1.165, 1.54) is 5.56 Å². The maximum atomic E-state index is 6.10. The average molecular weight is 315 g/mol. The van der Waals surface area contributed by atoms with Gasteiger partial charge in [0.2, 0.25) is 5.28 Å². The Morgan fingerprint density at radius 3 is 2.76 bits per heavy atom. The summed E-state index contributed by atoms with van der Waals surface area (Å²) in [6, 6.07) is 6.13. The third-order valence-corrected chi connectivity index (χ3v) is 3.39. The topological polar surface area (TPSA) is 30.7 Å². The summed E-state index contributed by atoms with van der Waals surface area (Å²) in [5, 5.41) is 8.44. The zero-order valence-electron chi connectivity index (χ0n) is 9.74. The second-order valence-electron chi connectivity index (χ2n) is 3.93. The largest absolute Gasteiger partial charge is 0.269 e. The van der Waals surface area contributed by atoms with Gasteiger partial charge in [-0.1, -0.05) is 13.0 Å². The standard InChI is InChI=1S/C12H13BrClN3/c1-3-4-11-15-16-12(14)17(11)10-6-5-8(2)7-9(10)13/h5-7H,3-4H2,1-2H3. The molecule has 0 unspecified atom stereocenters. The maximum absolute atomic E-state index is 6.10. The maximum Gasteiger partial charge on any atom is 0.229 e. The summed E-state index contributed by atoms with van der Waals surface area (Å²) in [5.41, 5.74) is 2.18. The van der Waals surface area contributed by atoms with Gasteiger partial charge < -0.3 is 0 Å². The van der Waals surface area contributed by atoms with Gasteiger partial charge in [0.15, 0.2) is 0 Å². The van der Waals surface area contributed by atoms with Gasteiger partial charge in [-0.05, 0) is 58.6 Å². The van der Waals surface area contributed by atoms with E-state index in [1.807, 2.05) is 16.7 Å². The van der Waals surface area contributed by atoms with Gasteiger partial charge in [-0.15, -0.1) is 10.2 Å². The normalized spacial score (nSPS) is 10.8. The molecule has 0 atom stereocenters. The summed E-state index contributed by atoms with van der Waals surface area (Å²) < 4.78 is 2.88. The van der Waals surface area contributed by atoms with Gasteiger partial charge in [0.25, 0.3) is 0 Å². The SMILES string of the molecule is CCCc1nnc(Cl)n1-c1ccc(C)cc1Br. The first-order valence-electron chi connectivity index (χ1n) is 5.49. The van der Waals surface area contributed by atoms with E-state index >= 15 is 0 Å². The number of hydrogen-bond donors (Lipinski definition) is 0. The van der Waals surface area contributed by atoms with E-state index in [0.29, 0.717) is 5.28 Å². The van der Waals surface area contributed by atoms with Crippen LogP contribution in [0.15, 0.2) is 22.7 Å². The molecule has 0 N–H and O–H groups in total. The fourth-order valence-electron chi connectivity index (χ4n) is 1.71. The van der Waals surface area contributed by atoms with Crippen molar-refractivity contribution in [1.82, 2.24) is 14.8 Å². The third kappa shape index (κ3) is 2.53. The first-order valence-corrected chi connectivity index (χ1v) is 6.67. The number of benzene rings is 1. The number of rotatable bonds is 3. The van der Waals surface area contributed by atoms with Gasteiger partial charge in [-0.25, -0.2) is 0 Å². The molecule has 0 saturated heterocycles. The summed E-state index contributed by atoms with van der Waals surface area (Å²) in [6.45, 7) is 4.16. The molecule has 1 heterocycles. The van der Waals surface area contributed by atoms with Crippen LogP contribution in [0.3, 0.4) is 0 Å². The minimum absolute atomic E-state index is 0.401. The van der Waals surface area contributed by atoms with E-state index < -0.39 is 0 Å². The monoisotopic (exact) mass is 313 g/mol. The molecule has 0 fully saturated rings. The molecule has 2 rings (SSSR count). The number of halogens is 2. The average Bonchev–Trinajstić information content (AvgIpc) is 2.62. The Kier molecular flexibility index (Phi) is 3.84. The van der Waals surface area contributed by atoms with Crippen molar-refractivity contribution in [3.63, 3.8) is 0 Å². The minimum atomic E-state index is 0.401. The minimum Gasteiger partial charge on any atom is -0.269 e. The first kappa shape index (κ1) is 12.6. The van der Waals surface area contributed by atoms with Gasteiger partial charge in [0.05, 0.1) is 5.69 Å². The zero-order valence-corrected chi connectivity index (χ0v) is 12.1. The van der Waals surface area contributed by atoms with E-state index in [1.54, 1.807) is 0 Å². The fourth-order valence-corrected chi connectivity index (χ4v) is 2.61. The Morgan fingerprint density at radius 1 is 1.35 bits per heavy atom. The van der Waals surface area contributed by atoms with Crippen LogP contribution in [-0.2, 0) is 6.42 Å². The van der Waals surface area contributed by atoms with E-state index in [2.05, 4.69) is 46.0 Å². The molecule has 0 spiro atoms. The van der Waals surface area contributed by atoms with Crippen LogP contribution in [0.25, 0.3) is 5.69 Å². The lowest BCUT2D eigenvalue weighted by molar-refractivity contribution is 0.801. The molecule has 2 aromatic rings. The lowest BCUT2D eigenvalue weighted by Gasteiger charge is -2.10. The first-order chi connectivity index (χ1) is 8.13. The second kappa shape index (κ2) is 5.19. The Balaban J connectivity index is 2.55. The highest BCUT2D eigenvalue weighted by molar-refractivity contribution is 9.10. The van der Waals surface area contributed by atoms with Crippen LogP contribution in [0.5, 0.6) is 0 Å². The Morgan fingerprint density at radius 2 is 2.12 bits per heavy atom. The Hall–Kier alpha value is -0.870. The summed E-state index contributed by atoms with van der Waals surface area (Å²) in [7, 11) is 0. The van der Waals surface area contributed by atoms with Gasteiger partial charge in [-0.2, -0.15) is 0 Å². The van der Waals surface area contributed by atoms with Crippen LogP contribution in [-0.4, -0.2) is 14.8 Å². The molecule has 1 aromatic heterocycles. The van der Waals surface area contributed by atoms with Crippen molar-refractivity contribution in [3.8, 4) is 5.69 Å². The van der Waals surface area contributed by atoms with Crippen molar-refractivity contribution in [2.24, 2.45) is 0 Å². The smallest absolute Gasteiger partial charge is 0.229 e. The van der Waals surface area contributed by atoms with Crippen LogP contribution in [0.1, 0.15) is 24.7 Å². The van der Waals surface area contributed by atoms with Crippen molar-refractivity contribution < 1.29 is 0 Å². The quantitative estimate of drug-likeness (QED) is 0.859. The molecular weight excluding hydrogens is 302 g/mol. The van der Waals surface area contributed by atoms with E-state index in [4.69, 9.17) is 11.6 Å². The van der Waals surface area contributed by atoms with Gasteiger partial charge in [0, 0.05) is 10.9 Å². The van der Waals surface area contributed by atoms with E-state index in [0.717, 1.165) is 28.8 Å². The zero-order chi connectivity index (χ0) is 12.4. The molecular formula is C12H13BrClN3. The summed E-state index contributed by atoms with van der Waals surface area (Å²) in [6.07, 6.45) is 1.87. The predicted octanol–water partition coefficient (Wildman–Crippen LogP) is 3.94. The second-order valence-corrected chi connectivity index (χ2v) is 5.12. The number of hydrogen-bond acceptors (Lipinski definition) is 2. The van der Waals surface area contributed by atoms with Crippen molar-refractivity contribution >= 4 is 27.5 Å². The van der Waals surface area contributed by atoms with Gasteiger partial charge in [0.1, 0.15) is 5.82 Å². The molecule has 0 amide bonds. The molecule has 0 aliphatic heterocycles. The molecule has 0 radical (unpaired) electrons. The van der Waals surface area contributed by atoms with Gasteiger partial charge >= 0.3 is 0 Å². The molecule has 17 heavy (non-hydrogen) atoms. The molecule has 5 heteroatoms. The van der Waals surface area contributed by atoms with Crippen molar-refractivity contribution in [2.45, 2.75) is 26.7 Å². The summed E-state index contributed by atoms with van der Waals surface area (Å²) in [5.74, 6) is 0.891. The number of aryl methyl sites for hydroxylation is 2. The Bertz CT molecular complexity index is 537. The lowest BCUT2D eigenvalue weighted by Crippen LogP contribution is -2.02. The Labute approximate surface area is 114 Å². The van der Waals surface area contributed by atoms with E-state index in [9.17, 15) is 0 Å². The van der Waals surface area contributed by atoms with Gasteiger partial charge in [-0.3, -0.25) is 4.57 Å². The predicted molar refractivity (Wildman–Crippen MR) is 72.8 cm³/mol. The van der Waals surface area contributed by atoms with Crippen LogP contribution >= 0.6 is 27.5 Å².